The van der Waals surface area contributed by atoms with Gasteiger partial charge in [-0.3, -0.25) is 0 Å². The third-order valence-corrected chi connectivity index (χ3v) is 2.15. The van der Waals surface area contributed by atoms with Gasteiger partial charge in [0.15, 0.2) is 18.2 Å². The maximum absolute atomic E-state index is 13.5. The van der Waals surface area contributed by atoms with E-state index < -0.39 is 5.82 Å². The zero-order valence-electron chi connectivity index (χ0n) is 10.2. The molecule has 2 aromatic rings. The average Bonchev–Trinajstić information content (AvgIpc) is 2.82. The Morgan fingerprint density at radius 3 is 3.00 bits per heavy atom. The fourth-order valence-electron chi connectivity index (χ4n) is 1.36. The molecule has 0 spiro atoms. The van der Waals surface area contributed by atoms with Gasteiger partial charge in [0.25, 0.3) is 0 Å². The van der Waals surface area contributed by atoms with E-state index in [2.05, 4.69) is 27.3 Å². The van der Waals surface area contributed by atoms with Gasteiger partial charge in [-0.25, -0.2) is 4.39 Å². The minimum absolute atomic E-state index is 0.0155. The molecule has 0 atom stereocenters. The van der Waals surface area contributed by atoms with Crippen molar-refractivity contribution in [3.8, 4) is 17.6 Å². The zero-order valence-corrected chi connectivity index (χ0v) is 10.2. The van der Waals surface area contributed by atoms with E-state index in [1.54, 1.807) is 7.05 Å². The van der Waals surface area contributed by atoms with Crippen molar-refractivity contribution in [1.29, 1.82) is 0 Å². The largest absolute Gasteiger partial charge is 0.482 e. The van der Waals surface area contributed by atoms with Crippen molar-refractivity contribution in [2.24, 2.45) is 7.05 Å². The number of rotatable bonds is 3. The lowest BCUT2D eigenvalue weighted by molar-refractivity contribution is 0.280. The summed E-state index contributed by atoms with van der Waals surface area (Å²) in [7, 11) is 1.63. The van der Waals surface area contributed by atoms with Crippen LogP contribution in [0.1, 0.15) is 11.4 Å². The molecule has 0 bridgehead atoms. The van der Waals surface area contributed by atoms with E-state index in [9.17, 15) is 4.39 Å². The second-order valence-corrected chi connectivity index (χ2v) is 3.59. The van der Waals surface area contributed by atoms with Gasteiger partial charge >= 0.3 is 0 Å². The standard InChI is InChI=1S/C12H11FN4O2/c1-17-15-12(14-16-17)8-19-11-7-9(3-2-6-18)4-5-10(11)13/h4-5,7,18H,6,8H2,1H3. The van der Waals surface area contributed by atoms with E-state index in [0.29, 0.717) is 11.4 Å². The van der Waals surface area contributed by atoms with Gasteiger partial charge in [-0.05, 0) is 23.4 Å². The number of ether oxygens (including phenoxy) is 1. The smallest absolute Gasteiger partial charge is 0.212 e. The van der Waals surface area contributed by atoms with E-state index >= 15 is 0 Å². The predicted octanol–water partition coefficient (Wildman–Crippen LogP) is 0.272. The van der Waals surface area contributed by atoms with Crippen molar-refractivity contribution < 1.29 is 14.2 Å². The molecular formula is C12H11FN4O2. The van der Waals surface area contributed by atoms with Crippen LogP contribution in [0.5, 0.6) is 5.75 Å². The lowest BCUT2D eigenvalue weighted by Crippen LogP contribution is -2.01. The van der Waals surface area contributed by atoms with Gasteiger partial charge in [-0.2, -0.15) is 4.80 Å². The van der Waals surface area contributed by atoms with Crippen molar-refractivity contribution >= 4 is 0 Å². The van der Waals surface area contributed by atoms with Crippen molar-refractivity contribution in [3.63, 3.8) is 0 Å². The summed E-state index contributed by atoms with van der Waals surface area (Å²) in [4.78, 5) is 1.29. The highest BCUT2D eigenvalue weighted by Crippen LogP contribution is 2.19. The number of aliphatic hydroxyl groups is 1. The Bertz CT molecular complexity index is 630. The Labute approximate surface area is 108 Å². The Kier molecular flexibility index (Phi) is 4.05. The van der Waals surface area contributed by atoms with Gasteiger partial charge in [0.05, 0.1) is 7.05 Å². The molecule has 0 aliphatic rings. The molecule has 1 aromatic heterocycles. The maximum atomic E-state index is 13.5. The predicted molar refractivity (Wildman–Crippen MR) is 63.5 cm³/mol. The summed E-state index contributed by atoms with van der Waals surface area (Å²) >= 11 is 0. The van der Waals surface area contributed by atoms with Crippen LogP contribution in [0.2, 0.25) is 0 Å². The van der Waals surface area contributed by atoms with Crippen LogP contribution >= 0.6 is 0 Å². The zero-order chi connectivity index (χ0) is 13.7. The van der Waals surface area contributed by atoms with Crippen LogP contribution in [-0.4, -0.2) is 31.9 Å². The van der Waals surface area contributed by atoms with Gasteiger partial charge in [-0.1, -0.05) is 11.8 Å². The SMILES string of the molecule is Cn1nnc(COc2cc(C#CCO)ccc2F)n1. The molecule has 0 saturated heterocycles. The summed E-state index contributed by atoms with van der Waals surface area (Å²) in [6, 6.07) is 4.21. The highest BCUT2D eigenvalue weighted by molar-refractivity contribution is 5.40. The summed E-state index contributed by atoms with van der Waals surface area (Å²) in [6.45, 7) is -0.237. The summed E-state index contributed by atoms with van der Waals surface area (Å²) in [6.07, 6.45) is 0. The molecular weight excluding hydrogens is 251 g/mol. The summed E-state index contributed by atoms with van der Waals surface area (Å²) < 4.78 is 18.8. The first-order chi connectivity index (χ1) is 9.19. The Morgan fingerprint density at radius 1 is 1.47 bits per heavy atom. The van der Waals surface area contributed by atoms with Gasteiger partial charge in [0.2, 0.25) is 5.82 Å². The van der Waals surface area contributed by atoms with Gasteiger partial charge in [0, 0.05) is 5.56 Å². The number of tetrazole rings is 1. The monoisotopic (exact) mass is 262 g/mol. The van der Waals surface area contributed by atoms with Gasteiger partial charge in [-0.15, -0.1) is 10.2 Å². The summed E-state index contributed by atoms with van der Waals surface area (Å²) in [5.41, 5.74) is 0.553. The molecule has 0 aliphatic carbocycles. The van der Waals surface area contributed by atoms with Crippen LogP contribution in [0.3, 0.4) is 0 Å². The van der Waals surface area contributed by atoms with E-state index in [4.69, 9.17) is 9.84 Å². The molecule has 1 aromatic carbocycles. The highest BCUT2D eigenvalue weighted by atomic mass is 19.1. The fraction of sp³-hybridized carbons (Fsp3) is 0.250. The maximum Gasteiger partial charge on any atom is 0.212 e. The quantitative estimate of drug-likeness (QED) is 0.804. The molecule has 0 fully saturated rings. The highest BCUT2D eigenvalue weighted by Gasteiger charge is 2.07. The van der Waals surface area contributed by atoms with Crippen LogP contribution in [0.4, 0.5) is 4.39 Å². The Morgan fingerprint density at radius 2 is 2.32 bits per heavy atom. The molecule has 0 saturated carbocycles. The Hall–Kier alpha value is -2.46. The molecule has 1 heterocycles. The fourth-order valence-corrected chi connectivity index (χ4v) is 1.36. The van der Waals surface area contributed by atoms with Crippen molar-refractivity contribution in [2.75, 3.05) is 6.61 Å². The molecule has 2 rings (SSSR count). The number of nitrogens with zero attached hydrogens (tertiary/aromatic N) is 4. The second kappa shape index (κ2) is 5.93. The third-order valence-electron chi connectivity index (χ3n) is 2.15. The first kappa shape index (κ1) is 13.0. The number of halogens is 1. The first-order valence-electron chi connectivity index (χ1n) is 5.44. The van der Waals surface area contributed by atoms with Crippen molar-refractivity contribution in [2.45, 2.75) is 6.61 Å². The lowest BCUT2D eigenvalue weighted by Gasteiger charge is -2.05. The summed E-state index contributed by atoms with van der Waals surface area (Å²) in [5.74, 6) is 5.05. The number of aryl methyl sites for hydroxylation is 1. The molecule has 0 amide bonds. The molecule has 0 radical (unpaired) electrons. The molecule has 98 valence electrons. The third kappa shape index (κ3) is 3.50. The van der Waals surface area contributed by atoms with Crippen molar-refractivity contribution in [3.05, 3.63) is 35.4 Å². The number of hydrogen-bond donors (Lipinski definition) is 1. The number of hydrogen-bond acceptors (Lipinski definition) is 5. The second-order valence-electron chi connectivity index (χ2n) is 3.59. The molecule has 1 N–H and O–H groups in total. The first-order valence-corrected chi connectivity index (χ1v) is 5.44. The molecule has 6 nitrogen and oxygen atoms in total. The average molecular weight is 262 g/mol. The van der Waals surface area contributed by atoms with Crippen LogP contribution in [0.25, 0.3) is 0 Å². The van der Waals surface area contributed by atoms with E-state index in [0.717, 1.165) is 0 Å². The van der Waals surface area contributed by atoms with Crippen LogP contribution in [0.15, 0.2) is 18.2 Å². The van der Waals surface area contributed by atoms with Crippen LogP contribution in [0, 0.1) is 17.7 Å². The van der Waals surface area contributed by atoms with E-state index in [1.165, 1.54) is 23.0 Å². The van der Waals surface area contributed by atoms with Gasteiger partial charge < -0.3 is 9.84 Å². The van der Waals surface area contributed by atoms with E-state index in [-0.39, 0.29) is 19.0 Å². The van der Waals surface area contributed by atoms with Crippen molar-refractivity contribution in [1.82, 2.24) is 20.2 Å². The molecule has 19 heavy (non-hydrogen) atoms. The normalized spacial score (nSPS) is 9.84. The van der Waals surface area contributed by atoms with Crippen LogP contribution < -0.4 is 4.74 Å². The Balaban J connectivity index is 2.10. The number of benzene rings is 1. The lowest BCUT2D eigenvalue weighted by atomic mass is 10.2. The number of aliphatic hydroxyl groups excluding tert-OH is 1. The van der Waals surface area contributed by atoms with Crippen LogP contribution in [-0.2, 0) is 13.7 Å². The topological polar surface area (TPSA) is 73.1 Å². The minimum atomic E-state index is -0.501. The minimum Gasteiger partial charge on any atom is -0.482 e. The molecule has 7 heteroatoms. The summed E-state index contributed by atoms with van der Waals surface area (Å²) in [5, 5.41) is 19.9. The van der Waals surface area contributed by atoms with Gasteiger partial charge in [0.1, 0.15) is 6.61 Å². The molecule has 0 aliphatic heterocycles. The number of aromatic nitrogens is 4. The van der Waals surface area contributed by atoms with E-state index in [1.807, 2.05) is 0 Å². The molecule has 0 unspecified atom stereocenters.